The minimum atomic E-state index is -0.750. The highest BCUT2D eigenvalue weighted by molar-refractivity contribution is 5.85. The summed E-state index contributed by atoms with van der Waals surface area (Å²) < 4.78 is 5.65. The largest absolute Gasteiger partial charge is 0.491 e. The van der Waals surface area contributed by atoms with E-state index in [0.717, 1.165) is 4.68 Å². The summed E-state index contributed by atoms with van der Waals surface area (Å²) in [5.41, 5.74) is 5.30. The van der Waals surface area contributed by atoms with Gasteiger partial charge in [0.25, 0.3) is 5.88 Å². The Morgan fingerprint density at radius 3 is 2.93 bits per heavy atom. The molecule has 0 fully saturated rings. The number of nitrogens with two attached hydrogens (primary N) is 1. The molecule has 0 spiro atoms. The number of anilines is 1. The number of ether oxygens (including phenoxy) is 1. The van der Waals surface area contributed by atoms with Crippen LogP contribution in [0.5, 0.6) is 5.88 Å². The zero-order valence-corrected chi connectivity index (χ0v) is 8.95. The molecule has 0 bridgehead atoms. The molecule has 0 radical (unpaired) electrons. The standard InChI is InChI=1S/C7H12N4O3.ClH/c1-14-3-2-9-5-4-11(7(8)13)10-6(5)12;/h4,9H,2-3H2,1H3,(H2,8,13)(H,10,12);1H. The lowest BCUT2D eigenvalue weighted by Crippen LogP contribution is -2.19. The van der Waals surface area contributed by atoms with Gasteiger partial charge < -0.3 is 20.9 Å². The monoisotopic (exact) mass is 236 g/mol. The van der Waals surface area contributed by atoms with Crippen LogP contribution in [0.1, 0.15) is 0 Å². The van der Waals surface area contributed by atoms with Gasteiger partial charge in [-0.1, -0.05) is 0 Å². The van der Waals surface area contributed by atoms with Crippen LogP contribution >= 0.6 is 12.4 Å². The molecule has 1 aromatic rings. The van der Waals surface area contributed by atoms with Crippen LogP contribution in [-0.4, -0.2) is 41.2 Å². The molecule has 1 amide bonds. The summed E-state index contributed by atoms with van der Waals surface area (Å²) in [7, 11) is 1.56. The van der Waals surface area contributed by atoms with Crippen molar-refractivity contribution in [3.05, 3.63) is 6.20 Å². The molecule has 8 heteroatoms. The second-order valence-electron chi connectivity index (χ2n) is 2.57. The molecule has 0 unspecified atom stereocenters. The van der Waals surface area contributed by atoms with E-state index in [1.807, 2.05) is 0 Å². The highest BCUT2D eigenvalue weighted by Crippen LogP contribution is 2.19. The number of amides is 1. The molecule has 86 valence electrons. The Bertz CT molecular complexity index is 328. The molecule has 0 aromatic carbocycles. The maximum Gasteiger partial charge on any atom is 0.339 e. The SMILES string of the molecule is COCCNc1cn(C(N)=O)nc1O.Cl. The van der Waals surface area contributed by atoms with E-state index in [9.17, 15) is 9.90 Å². The third-order valence-electron chi connectivity index (χ3n) is 1.54. The van der Waals surface area contributed by atoms with Crippen molar-refractivity contribution in [3.8, 4) is 5.88 Å². The molecule has 7 nitrogen and oxygen atoms in total. The Hall–Kier alpha value is -1.47. The summed E-state index contributed by atoms with van der Waals surface area (Å²) in [4.78, 5) is 10.7. The Labute approximate surface area is 92.6 Å². The molecular weight excluding hydrogens is 224 g/mol. The maximum atomic E-state index is 10.7. The lowest BCUT2D eigenvalue weighted by molar-refractivity contribution is 0.210. The fourth-order valence-corrected chi connectivity index (χ4v) is 0.890. The first-order valence-corrected chi connectivity index (χ1v) is 3.96. The van der Waals surface area contributed by atoms with Gasteiger partial charge >= 0.3 is 6.03 Å². The smallest absolute Gasteiger partial charge is 0.339 e. The van der Waals surface area contributed by atoms with E-state index >= 15 is 0 Å². The molecule has 4 N–H and O–H groups in total. The number of carbonyl (C=O) groups is 1. The first-order valence-electron chi connectivity index (χ1n) is 3.96. The molecule has 0 saturated carbocycles. The summed E-state index contributed by atoms with van der Waals surface area (Å²) in [6.45, 7) is 0.996. The zero-order valence-electron chi connectivity index (χ0n) is 8.14. The number of rotatable bonds is 4. The number of hydrogen-bond acceptors (Lipinski definition) is 5. The highest BCUT2D eigenvalue weighted by atomic mass is 35.5. The number of primary amides is 1. The lowest BCUT2D eigenvalue weighted by atomic mass is 10.5. The van der Waals surface area contributed by atoms with Crippen LogP contribution in [0.4, 0.5) is 10.5 Å². The average Bonchev–Trinajstić information content (AvgIpc) is 2.49. The number of nitrogens with one attached hydrogen (secondary N) is 1. The van der Waals surface area contributed by atoms with E-state index in [1.165, 1.54) is 6.20 Å². The van der Waals surface area contributed by atoms with Crippen LogP contribution in [0, 0.1) is 0 Å². The third kappa shape index (κ3) is 3.64. The van der Waals surface area contributed by atoms with Crippen molar-refractivity contribution in [2.24, 2.45) is 5.73 Å². The minimum absolute atomic E-state index is 0. The van der Waals surface area contributed by atoms with Gasteiger partial charge in [0.05, 0.1) is 12.8 Å². The van der Waals surface area contributed by atoms with Crippen molar-refractivity contribution >= 4 is 24.1 Å². The number of hydrogen-bond donors (Lipinski definition) is 3. The predicted molar refractivity (Wildman–Crippen MR) is 56.5 cm³/mol. The Morgan fingerprint density at radius 1 is 1.80 bits per heavy atom. The van der Waals surface area contributed by atoms with Gasteiger partial charge in [0.15, 0.2) is 0 Å². The summed E-state index contributed by atoms with van der Waals surface area (Å²) in [5.74, 6) is -0.264. The van der Waals surface area contributed by atoms with Gasteiger partial charge in [-0.3, -0.25) is 0 Å². The van der Waals surface area contributed by atoms with Crippen LogP contribution in [0.2, 0.25) is 0 Å². The first kappa shape index (κ1) is 13.5. The molecule has 15 heavy (non-hydrogen) atoms. The molecule has 0 atom stereocenters. The van der Waals surface area contributed by atoms with E-state index in [2.05, 4.69) is 10.4 Å². The van der Waals surface area contributed by atoms with Crippen molar-refractivity contribution in [1.29, 1.82) is 0 Å². The average molecular weight is 237 g/mol. The van der Waals surface area contributed by atoms with Crippen molar-refractivity contribution < 1.29 is 14.6 Å². The highest BCUT2D eigenvalue weighted by Gasteiger charge is 2.09. The summed E-state index contributed by atoms with van der Waals surface area (Å²) in [6, 6.07) is -0.750. The molecule has 0 aliphatic carbocycles. The van der Waals surface area contributed by atoms with Crippen LogP contribution in [0.3, 0.4) is 0 Å². The van der Waals surface area contributed by atoms with Gasteiger partial charge in [-0.15, -0.1) is 17.5 Å². The van der Waals surface area contributed by atoms with Gasteiger partial charge in [0.2, 0.25) is 0 Å². The first-order chi connectivity index (χ1) is 6.65. The summed E-state index contributed by atoms with van der Waals surface area (Å²) >= 11 is 0. The van der Waals surface area contributed by atoms with Crippen LogP contribution in [-0.2, 0) is 4.74 Å². The fourth-order valence-electron chi connectivity index (χ4n) is 0.890. The normalized spacial score (nSPS) is 9.40. The van der Waals surface area contributed by atoms with Gasteiger partial charge in [-0.05, 0) is 0 Å². The van der Waals surface area contributed by atoms with Crippen LogP contribution in [0.15, 0.2) is 6.20 Å². The minimum Gasteiger partial charge on any atom is -0.491 e. The van der Waals surface area contributed by atoms with Crippen LogP contribution < -0.4 is 11.1 Å². The molecule has 1 heterocycles. The molecule has 0 saturated heterocycles. The Balaban J connectivity index is 0.00000196. The van der Waals surface area contributed by atoms with Crippen molar-refractivity contribution in [1.82, 2.24) is 9.78 Å². The van der Waals surface area contributed by atoms with E-state index in [-0.39, 0.29) is 18.3 Å². The van der Waals surface area contributed by atoms with E-state index < -0.39 is 6.03 Å². The quantitative estimate of drug-likeness (QED) is 0.639. The number of carbonyl (C=O) groups excluding carboxylic acids is 1. The fraction of sp³-hybridized carbons (Fsp3) is 0.429. The van der Waals surface area contributed by atoms with Crippen molar-refractivity contribution in [2.45, 2.75) is 0 Å². The molecular formula is C7H13ClN4O3. The maximum absolute atomic E-state index is 10.7. The van der Waals surface area contributed by atoms with Crippen molar-refractivity contribution in [2.75, 3.05) is 25.6 Å². The molecule has 0 aliphatic heterocycles. The van der Waals surface area contributed by atoms with E-state index in [0.29, 0.717) is 18.8 Å². The second kappa shape index (κ2) is 6.10. The summed E-state index contributed by atoms with van der Waals surface area (Å²) in [6.07, 6.45) is 1.31. The molecule has 1 rings (SSSR count). The number of methoxy groups -OCH3 is 1. The van der Waals surface area contributed by atoms with Gasteiger partial charge in [0, 0.05) is 13.7 Å². The number of nitrogens with zero attached hydrogens (tertiary/aromatic N) is 2. The number of aromatic nitrogens is 2. The van der Waals surface area contributed by atoms with Gasteiger partial charge in [-0.25, -0.2) is 4.79 Å². The topological polar surface area (TPSA) is 102 Å². The van der Waals surface area contributed by atoms with E-state index in [1.54, 1.807) is 7.11 Å². The predicted octanol–water partition coefficient (Wildman–Crippen LogP) is -0.00440. The Morgan fingerprint density at radius 2 is 2.47 bits per heavy atom. The van der Waals surface area contributed by atoms with Gasteiger partial charge in [0.1, 0.15) is 5.69 Å². The zero-order chi connectivity index (χ0) is 10.6. The summed E-state index contributed by atoms with van der Waals surface area (Å²) in [5, 5.41) is 15.5. The molecule has 1 aromatic heterocycles. The second-order valence-corrected chi connectivity index (χ2v) is 2.57. The Kier molecular flexibility index (Phi) is 5.50. The van der Waals surface area contributed by atoms with E-state index in [4.69, 9.17) is 10.5 Å². The molecule has 0 aliphatic rings. The lowest BCUT2D eigenvalue weighted by Gasteiger charge is -2.01. The number of aromatic hydroxyl groups is 1. The van der Waals surface area contributed by atoms with Gasteiger partial charge in [-0.2, -0.15) is 4.68 Å². The third-order valence-corrected chi connectivity index (χ3v) is 1.54. The van der Waals surface area contributed by atoms with Crippen molar-refractivity contribution in [3.63, 3.8) is 0 Å². The van der Waals surface area contributed by atoms with Crippen LogP contribution in [0.25, 0.3) is 0 Å². The number of halogens is 1.